The minimum Gasteiger partial charge on any atom is -0.490 e. The van der Waals surface area contributed by atoms with Crippen molar-refractivity contribution in [3.05, 3.63) is 54.1 Å². The maximum absolute atomic E-state index is 11.1. The van der Waals surface area contributed by atoms with Crippen LogP contribution in [0.4, 0.5) is 0 Å². The van der Waals surface area contributed by atoms with Gasteiger partial charge in [0.25, 0.3) is 10.1 Å². The van der Waals surface area contributed by atoms with E-state index >= 15 is 0 Å². The predicted molar refractivity (Wildman–Crippen MR) is 120 cm³/mol. The maximum Gasteiger partial charge on any atom is 0.294 e. The predicted octanol–water partition coefficient (Wildman–Crippen LogP) is 5.96. The summed E-state index contributed by atoms with van der Waals surface area (Å²) in [6.07, 6.45) is 1.09. The van der Waals surface area contributed by atoms with Crippen molar-refractivity contribution in [3.63, 3.8) is 0 Å². The highest BCUT2D eigenvalue weighted by Crippen LogP contribution is 2.43. The molecule has 0 saturated carbocycles. The van der Waals surface area contributed by atoms with Crippen LogP contribution in [-0.4, -0.2) is 26.2 Å². The second-order valence-corrected chi connectivity index (χ2v) is 11.3. The molecule has 0 aliphatic heterocycles. The molecule has 0 saturated heterocycles. The first-order valence-corrected chi connectivity index (χ1v) is 11.6. The smallest absolute Gasteiger partial charge is 0.294 e. The molecule has 0 radical (unpaired) electrons. The normalized spacial score (nSPS) is 13.7. The van der Waals surface area contributed by atoms with Crippen molar-refractivity contribution in [2.24, 2.45) is 10.8 Å². The summed E-state index contributed by atoms with van der Waals surface area (Å²) in [5, 5.41) is 0. The van der Waals surface area contributed by atoms with Gasteiger partial charge in [0.2, 0.25) is 0 Å². The lowest BCUT2D eigenvalue weighted by Gasteiger charge is -2.36. The summed E-state index contributed by atoms with van der Waals surface area (Å²) in [7, 11) is -4.19. The third-order valence-electron chi connectivity index (χ3n) is 4.86. The summed E-state index contributed by atoms with van der Waals surface area (Å²) in [4.78, 5) is -0.161. The van der Waals surface area contributed by atoms with Gasteiger partial charge in [0, 0.05) is 0 Å². The van der Waals surface area contributed by atoms with E-state index in [4.69, 9.17) is 14.0 Å². The van der Waals surface area contributed by atoms with E-state index in [1.165, 1.54) is 29.8 Å². The lowest BCUT2D eigenvalue weighted by atomic mass is 9.69. The largest absolute Gasteiger partial charge is 0.490 e. The molecular formula is C24H34O5S. The zero-order chi connectivity index (χ0) is 22.6. The van der Waals surface area contributed by atoms with Gasteiger partial charge in [-0.05, 0) is 65.1 Å². The van der Waals surface area contributed by atoms with Gasteiger partial charge in [-0.1, -0.05) is 53.7 Å². The molecule has 5 nitrogen and oxygen atoms in total. The standard InChI is InChI=1S/C24H34O5S/c1-23(2,3)17-22(24(4,5)6)18-8-7-9-20(16-18)29-15-14-28-19-10-12-21(13-11-19)30(25,26)27/h7-13,16,22H,14-15,17H2,1-6H3,(H,25,26,27). The minimum absolute atomic E-state index is 0.142. The minimum atomic E-state index is -4.19. The molecule has 2 aromatic rings. The molecule has 1 N–H and O–H groups in total. The Morgan fingerprint density at radius 1 is 0.867 bits per heavy atom. The van der Waals surface area contributed by atoms with Crippen LogP contribution in [0.1, 0.15) is 59.4 Å². The van der Waals surface area contributed by atoms with E-state index in [0.29, 0.717) is 24.9 Å². The van der Waals surface area contributed by atoms with Crippen LogP contribution in [-0.2, 0) is 10.1 Å². The fourth-order valence-corrected chi connectivity index (χ4v) is 3.86. The summed E-state index contributed by atoms with van der Waals surface area (Å²) >= 11 is 0. The average molecular weight is 435 g/mol. The molecule has 0 bridgehead atoms. The molecule has 0 amide bonds. The van der Waals surface area contributed by atoms with E-state index in [2.05, 4.69) is 53.7 Å². The first kappa shape index (κ1) is 24.2. The van der Waals surface area contributed by atoms with Gasteiger partial charge >= 0.3 is 0 Å². The quantitative estimate of drug-likeness (QED) is 0.410. The Morgan fingerprint density at radius 3 is 1.93 bits per heavy atom. The van der Waals surface area contributed by atoms with Crippen molar-refractivity contribution in [3.8, 4) is 11.5 Å². The highest BCUT2D eigenvalue weighted by Gasteiger charge is 2.30. The zero-order valence-electron chi connectivity index (χ0n) is 18.8. The molecular weight excluding hydrogens is 400 g/mol. The monoisotopic (exact) mass is 434 g/mol. The molecule has 6 heteroatoms. The SMILES string of the molecule is CC(C)(C)CC(c1cccc(OCCOc2ccc(S(=O)(=O)O)cc2)c1)C(C)(C)C. The summed E-state index contributed by atoms with van der Waals surface area (Å²) in [5.74, 6) is 1.73. The van der Waals surface area contributed by atoms with Crippen molar-refractivity contribution < 1.29 is 22.4 Å². The highest BCUT2D eigenvalue weighted by molar-refractivity contribution is 7.85. The Kier molecular flexibility index (Phi) is 7.59. The van der Waals surface area contributed by atoms with Crippen LogP contribution in [0.3, 0.4) is 0 Å². The van der Waals surface area contributed by atoms with Gasteiger partial charge in [0.1, 0.15) is 24.7 Å². The topological polar surface area (TPSA) is 72.8 Å². The Labute approximate surface area is 181 Å². The molecule has 0 aliphatic rings. The molecule has 0 aromatic heterocycles. The van der Waals surface area contributed by atoms with Gasteiger partial charge in [-0.25, -0.2) is 0 Å². The first-order chi connectivity index (χ1) is 13.8. The van der Waals surface area contributed by atoms with E-state index in [-0.39, 0.29) is 15.7 Å². The Morgan fingerprint density at radius 2 is 1.43 bits per heavy atom. The molecule has 0 heterocycles. The van der Waals surface area contributed by atoms with Crippen molar-refractivity contribution >= 4 is 10.1 Å². The van der Waals surface area contributed by atoms with Gasteiger partial charge in [-0.2, -0.15) is 8.42 Å². The van der Waals surface area contributed by atoms with Crippen LogP contribution in [0.5, 0.6) is 11.5 Å². The molecule has 0 aliphatic carbocycles. The van der Waals surface area contributed by atoms with Crippen molar-refractivity contribution in [2.45, 2.75) is 58.8 Å². The van der Waals surface area contributed by atoms with Crippen LogP contribution in [0, 0.1) is 10.8 Å². The highest BCUT2D eigenvalue weighted by atomic mass is 32.2. The molecule has 0 spiro atoms. The zero-order valence-corrected chi connectivity index (χ0v) is 19.6. The summed E-state index contributed by atoms with van der Waals surface area (Å²) in [6, 6.07) is 13.9. The first-order valence-electron chi connectivity index (χ1n) is 10.2. The molecule has 1 unspecified atom stereocenters. The van der Waals surface area contributed by atoms with Gasteiger partial charge in [-0.3, -0.25) is 4.55 Å². The average Bonchev–Trinajstić information content (AvgIpc) is 2.62. The lowest BCUT2D eigenvalue weighted by molar-refractivity contribution is 0.214. The lowest BCUT2D eigenvalue weighted by Crippen LogP contribution is -2.23. The molecule has 2 aromatic carbocycles. The summed E-state index contributed by atoms with van der Waals surface area (Å²) < 4.78 is 42.6. The fourth-order valence-electron chi connectivity index (χ4n) is 3.38. The van der Waals surface area contributed by atoms with Crippen molar-refractivity contribution in [2.75, 3.05) is 13.2 Å². The van der Waals surface area contributed by atoms with E-state index < -0.39 is 10.1 Å². The van der Waals surface area contributed by atoms with Crippen LogP contribution < -0.4 is 9.47 Å². The van der Waals surface area contributed by atoms with E-state index in [9.17, 15) is 8.42 Å². The molecule has 1 atom stereocenters. The van der Waals surface area contributed by atoms with Crippen LogP contribution in [0.2, 0.25) is 0 Å². The van der Waals surface area contributed by atoms with Gasteiger partial charge in [-0.15, -0.1) is 0 Å². The van der Waals surface area contributed by atoms with Crippen LogP contribution >= 0.6 is 0 Å². The molecule has 0 fully saturated rings. The van der Waals surface area contributed by atoms with Crippen molar-refractivity contribution in [1.29, 1.82) is 0 Å². The molecule has 166 valence electrons. The molecule has 2 rings (SSSR count). The number of benzene rings is 2. The summed E-state index contributed by atoms with van der Waals surface area (Å²) in [6.45, 7) is 14.3. The number of ether oxygens (including phenoxy) is 2. The molecule has 30 heavy (non-hydrogen) atoms. The summed E-state index contributed by atoms with van der Waals surface area (Å²) in [5.41, 5.74) is 1.65. The second-order valence-electron chi connectivity index (χ2n) is 9.90. The Bertz CT molecular complexity index is 919. The number of hydrogen-bond acceptors (Lipinski definition) is 4. The van der Waals surface area contributed by atoms with Gasteiger partial charge in [0.05, 0.1) is 4.90 Å². The number of rotatable bonds is 8. The van der Waals surface area contributed by atoms with Crippen LogP contribution in [0.15, 0.2) is 53.4 Å². The third kappa shape index (κ3) is 7.65. The third-order valence-corrected chi connectivity index (χ3v) is 5.73. The second kappa shape index (κ2) is 9.40. The Hall–Kier alpha value is -2.05. The maximum atomic E-state index is 11.1. The fraction of sp³-hybridized carbons (Fsp3) is 0.500. The van der Waals surface area contributed by atoms with Crippen molar-refractivity contribution in [1.82, 2.24) is 0 Å². The van der Waals surface area contributed by atoms with Gasteiger partial charge < -0.3 is 9.47 Å². The van der Waals surface area contributed by atoms with E-state index in [1.807, 2.05) is 12.1 Å². The number of hydrogen-bond donors (Lipinski definition) is 1. The van der Waals surface area contributed by atoms with E-state index in [0.717, 1.165) is 12.2 Å². The van der Waals surface area contributed by atoms with E-state index in [1.54, 1.807) is 0 Å². The van der Waals surface area contributed by atoms with Crippen LogP contribution in [0.25, 0.3) is 0 Å². The van der Waals surface area contributed by atoms with Gasteiger partial charge in [0.15, 0.2) is 0 Å². The Balaban J connectivity index is 1.96.